The first-order chi connectivity index (χ1) is 20.2. The Balaban J connectivity index is 1.28. The molecule has 1 aromatic rings. The van der Waals surface area contributed by atoms with Crippen molar-refractivity contribution in [2.24, 2.45) is 23.7 Å². The Morgan fingerprint density at radius 2 is 1.90 bits per heavy atom. The van der Waals surface area contributed by atoms with Gasteiger partial charge in [-0.1, -0.05) is 64.3 Å². The van der Waals surface area contributed by atoms with Crippen molar-refractivity contribution in [1.29, 1.82) is 0 Å². The summed E-state index contributed by atoms with van der Waals surface area (Å²) in [5, 5.41) is 6.41. The number of fused-ring (bicyclic) bond motifs is 1. The number of benzene rings is 1. The highest BCUT2D eigenvalue weighted by atomic mass is 16.5. The van der Waals surface area contributed by atoms with Gasteiger partial charge in [-0.3, -0.25) is 19.3 Å². The maximum absolute atomic E-state index is 14.4. The SMILES string of the molecule is CCC1CCCCN1CCN1C(=O)C2C(C(=O)Nc3cccc(C)c3)C3C=CC2(O3)C1C(=O)NC1CCCC(C)C1C. The third-order valence-corrected chi connectivity index (χ3v) is 11.1. The quantitative estimate of drug-likeness (QED) is 0.451. The molecule has 5 aliphatic rings. The second-order valence-electron chi connectivity index (χ2n) is 13.6. The summed E-state index contributed by atoms with van der Waals surface area (Å²) in [6.07, 6.45) is 11.2. The highest BCUT2D eigenvalue weighted by Crippen LogP contribution is 2.55. The zero-order chi connectivity index (χ0) is 29.6. The standard InChI is InChI=1S/C34H48N4O4/c1-5-25-13-6-7-17-37(25)18-19-38-30(32(40)36-26-14-9-11-22(3)23(26)4)34-16-15-27(42-34)28(29(34)33(38)41)31(39)35-24-12-8-10-21(2)20-24/h8,10,12,15-16,20,22-23,25-30H,5-7,9,11,13-14,17-19H2,1-4H3,(H,35,39)(H,36,40). The van der Waals surface area contributed by atoms with Crippen LogP contribution in [0.25, 0.3) is 0 Å². The summed E-state index contributed by atoms with van der Waals surface area (Å²) in [6, 6.07) is 7.46. The van der Waals surface area contributed by atoms with Crippen LogP contribution in [0.15, 0.2) is 36.4 Å². The van der Waals surface area contributed by atoms with Crippen molar-refractivity contribution in [3.8, 4) is 0 Å². The number of piperidine rings is 1. The van der Waals surface area contributed by atoms with Crippen molar-refractivity contribution in [2.45, 2.75) is 102 Å². The lowest BCUT2D eigenvalue weighted by Gasteiger charge is -2.39. The first kappa shape index (κ1) is 29.4. The highest BCUT2D eigenvalue weighted by molar-refractivity contribution is 6.02. The first-order valence-electron chi connectivity index (χ1n) is 16.3. The number of nitrogens with zero attached hydrogens (tertiary/aromatic N) is 2. The van der Waals surface area contributed by atoms with Crippen LogP contribution in [0.3, 0.4) is 0 Å². The number of anilines is 1. The predicted octanol–water partition coefficient (Wildman–Crippen LogP) is 4.29. The first-order valence-corrected chi connectivity index (χ1v) is 16.3. The van der Waals surface area contributed by atoms with E-state index in [1.54, 1.807) is 4.90 Å². The number of aryl methyl sites for hydroxylation is 1. The molecule has 4 fully saturated rings. The van der Waals surface area contributed by atoms with Gasteiger partial charge in [-0.05, 0) is 68.7 Å². The molecule has 2 N–H and O–H groups in total. The van der Waals surface area contributed by atoms with E-state index in [4.69, 9.17) is 4.74 Å². The molecule has 4 heterocycles. The molecule has 8 heteroatoms. The Bertz CT molecular complexity index is 1230. The molecule has 1 aromatic carbocycles. The van der Waals surface area contributed by atoms with Crippen LogP contribution in [0, 0.1) is 30.6 Å². The number of rotatable bonds is 8. The van der Waals surface area contributed by atoms with Gasteiger partial charge in [0, 0.05) is 30.9 Å². The molecule has 8 nitrogen and oxygen atoms in total. The molecule has 9 atom stereocenters. The van der Waals surface area contributed by atoms with Gasteiger partial charge in [-0.25, -0.2) is 0 Å². The number of hydrogen-bond acceptors (Lipinski definition) is 5. The topological polar surface area (TPSA) is 91.0 Å². The number of carbonyl (C=O) groups is 3. The van der Waals surface area contributed by atoms with E-state index in [-0.39, 0.29) is 23.8 Å². The summed E-state index contributed by atoms with van der Waals surface area (Å²) in [7, 11) is 0. The third-order valence-electron chi connectivity index (χ3n) is 11.1. The van der Waals surface area contributed by atoms with E-state index in [9.17, 15) is 14.4 Å². The fraction of sp³-hybridized carbons (Fsp3) is 0.676. The molecule has 1 saturated carbocycles. The van der Waals surface area contributed by atoms with E-state index in [0.29, 0.717) is 30.1 Å². The number of amides is 3. The zero-order valence-corrected chi connectivity index (χ0v) is 25.7. The number of hydrogen-bond donors (Lipinski definition) is 2. The van der Waals surface area contributed by atoms with E-state index in [2.05, 4.69) is 36.3 Å². The maximum Gasteiger partial charge on any atom is 0.246 e. The smallest absolute Gasteiger partial charge is 0.246 e. The fourth-order valence-electron chi connectivity index (χ4n) is 8.56. The largest absolute Gasteiger partial charge is 0.359 e. The molecular formula is C34H48N4O4. The molecule has 1 aliphatic carbocycles. The summed E-state index contributed by atoms with van der Waals surface area (Å²) in [6.45, 7) is 10.9. The van der Waals surface area contributed by atoms with Crippen molar-refractivity contribution in [1.82, 2.24) is 15.1 Å². The molecule has 2 bridgehead atoms. The van der Waals surface area contributed by atoms with Crippen LogP contribution in [0.1, 0.15) is 71.3 Å². The average Bonchev–Trinajstić information content (AvgIpc) is 3.61. The molecule has 0 radical (unpaired) electrons. The van der Waals surface area contributed by atoms with Crippen LogP contribution >= 0.6 is 0 Å². The summed E-state index contributed by atoms with van der Waals surface area (Å²) < 4.78 is 6.58. The lowest BCUT2D eigenvalue weighted by molar-refractivity contribution is -0.142. The molecule has 3 saturated heterocycles. The van der Waals surface area contributed by atoms with Crippen LogP contribution in [-0.2, 0) is 19.1 Å². The lowest BCUT2D eigenvalue weighted by atomic mass is 9.73. The Morgan fingerprint density at radius 1 is 1.07 bits per heavy atom. The van der Waals surface area contributed by atoms with Crippen LogP contribution in [0.2, 0.25) is 0 Å². The van der Waals surface area contributed by atoms with Gasteiger partial charge in [-0.15, -0.1) is 0 Å². The second kappa shape index (κ2) is 11.8. The monoisotopic (exact) mass is 576 g/mol. The Hall–Kier alpha value is -2.71. The van der Waals surface area contributed by atoms with Crippen LogP contribution < -0.4 is 10.6 Å². The van der Waals surface area contributed by atoms with Gasteiger partial charge < -0.3 is 20.3 Å². The van der Waals surface area contributed by atoms with Gasteiger partial charge in [0.25, 0.3) is 0 Å². The zero-order valence-electron chi connectivity index (χ0n) is 25.7. The van der Waals surface area contributed by atoms with Crippen molar-refractivity contribution >= 4 is 23.4 Å². The Kier molecular flexibility index (Phi) is 8.22. The van der Waals surface area contributed by atoms with Crippen molar-refractivity contribution in [3.05, 3.63) is 42.0 Å². The summed E-state index contributed by atoms with van der Waals surface area (Å²) >= 11 is 0. The minimum atomic E-state index is -1.13. The van der Waals surface area contributed by atoms with Crippen molar-refractivity contribution < 1.29 is 19.1 Å². The second-order valence-corrected chi connectivity index (χ2v) is 13.6. The van der Waals surface area contributed by atoms with Gasteiger partial charge in [0.15, 0.2) is 0 Å². The van der Waals surface area contributed by atoms with E-state index >= 15 is 0 Å². The molecule has 9 unspecified atom stereocenters. The van der Waals surface area contributed by atoms with Gasteiger partial charge in [0.2, 0.25) is 17.7 Å². The van der Waals surface area contributed by atoms with Crippen molar-refractivity contribution in [3.63, 3.8) is 0 Å². The molecule has 6 rings (SSSR count). The van der Waals surface area contributed by atoms with E-state index in [0.717, 1.165) is 44.3 Å². The maximum atomic E-state index is 14.4. The van der Waals surface area contributed by atoms with Crippen LogP contribution in [0.4, 0.5) is 5.69 Å². The van der Waals surface area contributed by atoms with Gasteiger partial charge in [-0.2, -0.15) is 0 Å². The highest BCUT2D eigenvalue weighted by Gasteiger charge is 2.72. The average molecular weight is 577 g/mol. The fourth-order valence-corrected chi connectivity index (χ4v) is 8.56. The summed E-state index contributed by atoms with van der Waals surface area (Å²) in [5.41, 5.74) is 0.617. The molecule has 1 spiro atoms. The Morgan fingerprint density at radius 3 is 2.69 bits per heavy atom. The van der Waals surface area contributed by atoms with Gasteiger partial charge >= 0.3 is 0 Å². The molecule has 3 amide bonds. The summed E-state index contributed by atoms with van der Waals surface area (Å²) in [5.74, 6) is -1.02. The number of likely N-dealkylation sites (tertiary alicyclic amines) is 2. The number of carbonyl (C=O) groups excluding carboxylic acids is 3. The van der Waals surface area contributed by atoms with E-state index in [1.165, 1.54) is 19.3 Å². The molecule has 4 aliphatic heterocycles. The molecular weight excluding hydrogens is 528 g/mol. The molecule has 228 valence electrons. The lowest BCUT2D eigenvalue weighted by Crippen LogP contribution is -2.58. The van der Waals surface area contributed by atoms with Gasteiger partial charge in [0.1, 0.15) is 11.6 Å². The molecule has 0 aromatic heterocycles. The van der Waals surface area contributed by atoms with Crippen LogP contribution in [0.5, 0.6) is 0 Å². The summed E-state index contributed by atoms with van der Waals surface area (Å²) in [4.78, 5) is 46.7. The third kappa shape index (κ3) is 5.08. The molecule has 42 heavy (non-hydrogen) atoms. The van der Waals surface area contributed by atoms with E-state index < -0.39 is 29.6 Å². The predicted molar refractivity (Wildman–Crippen MR) is 163 cm³/mol. The van der Waals surface area contributed by atoms with E-state index in [1.807, 2.05) is 43.3 Å². The van der Waals surface area contributed by atoms with Crippen LogP contribution in [-0.4, -0.2) is 77.0 Å². The Labute approximate surface area is 250 Å². The number of nitrogens with one attached hydrogen (secondary N) is 2. The van der Waals surface area contributed by atoms with Crippen molar-refractivity contribution in [2.75, 3.05) is 25.0 Å². The normalized spacial score (nSPS) is 37.6. The minimum Gasteiger partial charge on any atom is -0.359 e. The minimum absolute atomic E-state index is 0.0724. The van der Waals surface area contributed by atoms with Gasteiger partial charge in [0.05, 0.1) is 17.9 Å². The number of ether oxygens (including phenoxy) is 1.